The van der Waals surface area contributed by atoms with E-state index in [0.29, 0.717) is 13.0 Å². The SMILES string of the molecule is O=C(Cc1ccsc1)N[C@H](c1ccc(F)cc1)[C@H]1CCCO1. The molecule has 0 radical (unpaired) electrons. The van der Waals surface area contributed by atoms with Crippen molar-refractivity contribution in [1.29, 1.82) is 0 Å². The summed E-state index contributed by atoms with van der Waals surface area (Å²) in [5, 5.41) is 6.98. The van der Waals surface area contributed by atoms with Crippen molar-refractivity contribution in [3.63, 3.8) is 0 Å². The van der Waals surface area contributed by atoms with E-state index in [9.17, 15) is 9.18 Å². The number of amides is 1. The van der Waals surface area contributed by atoms with Crippen LogP contribution in [0, 0.1) is 5.82 Å². The van der Waals surface area contributed by atoms with Gasteiger partial charge in [0.25, 0.3) is 0 Å². The first-order valence-corrected chi connectivity index (χ1v) is 8.34. The van der Waals surface area contributed by atoms with E-state index in [2.05, 4.69) is 5.32 Å². The van der Waals surface area contributed by atoms with Crippen molar-refractivity contribution in [1.82, 2.24) is 5.32 Å². The molecule has 22 heavy (non-hydrogen) atoms. The van der Waals surface area contributed by atoms with E-state index < -0.39 is 0 Å². The molecule has 0 saturated carbocycles. The minimum atomic E-state index is -0.278. The Labute approximate surface area is 133 Å². The van der Waals surface area contributed by atoms with Crippen LogP contribution in [0.25, 0.3) is 0 Å². The summed E-state index contributed by atoms with van der Waals surface area (Å²) in [6.07, 6.45) is 2.20. The van der Waals surface area contributed by atoms with E-state index >= 15 is 0 Å². The lowest BCUT2D eigenvalue weighted by Gasteiger charge is -2.24. The van der Waals surface area contributed by atoms with Gasteiger partial charge in [0, 0.05) is 6.61 Å². The van der Waals surface area contributed by atoms with Gasteiger partial charge in [0.15, 0.2) is 0 Å². The monoisotopic (exact) mass is 319 g/mol. The van der Waals surface area contributed by atoms with Gasteiger partial charge in [-0.2, -0.15) is 11.3 Å². The molecule has 1 aromatic heterocycles. The minimum Gasteiger partial charge on any atom is -0.376 e. The Morgan fingerprint density at radius 3 is 2.82 bits per heavy atom. The van der Waals surface area contributed by atoms with E-state index in [4.69, 9.17) is 4.74 Å². The zero-order chi connectivity index (χ0) is 15.4. The number of benzene rings is 1. The number of halogens is 1. The van der Waals surface area contributed by atoms with Crippen LogP contribution in [0.4, 0.5) is 4.39 Å². The van der Waals surface area contributed by atoms with Crippen molar-refractivity contribution in [2.24, 2.45) is 0 Å². The van der Waals surface area contributed by atoms with Crippen LogP contribution in [0.1, 0.15) is 30.0 Å². The van der Waals surface area contributed by atoms with Gasteiger partial charge < -0.3 is 10.1 Å². The number of thiophene rings is 1. The van der Waals surface area contributed by atoms with Crippen molar-refractivity contribution in [2.75, 3.05) is 6.61 Å². The zero-order valence-corrected chi connectivity index (χ0v) is 12.9. The number of carbonyl (C=O) groups excluding carboxylic acids is 1. The average Bonchev–Trinajstić information content (AvgIpc) is 3.19. The maximum absolute atomic E-state index is 13.1. The second-order valence-electron chi connectivity index (χ2n) is 5.46. The number of rotatable bonds is 5. The summed E-state index contributed by atoms with van der Waals surface area (Å²) in [6.45, 7) is 0.711. The number of ether oxygens (including phenoxy) is 1. The van der Waals surface area contributed by atoms with Crippen molar-refractivity contribution in [3.8, 4) is 0 Å². The first-order chi connectivity index (χ1) is 10.7. The van der Waals surface area contributed by atoms with Crippen LogP contribution in [-0.2, 0) is 16.0 Å². The molecule has 1 aliphatic heterocycles. The first-order valence-electron chi connectivity index (χ1n) is 7.40. The van der Waals surface area contributed by atoms with E-state index in [-0.39, 0.29) is 23.9 Å². The zero-order valence-electron chi connectivity index (χ0n) is 12.1. The van der Waals surface area contributed by atoms with Gasteiger partial charge in [0.2, 0.25) is 5.91 Å². The summed E-state index contributed by atoms with van der Waals surface area (Å²) in [6, 6.07) is 7.99. The van der Waals surface area contributed by atoms with Gasteiger partial charge in [-0.3, -0.25) is 4.79 Å². The Balaban J connectivity index is 1.73. The Bertz CT molecular complexity index is 606. The van der Waals surface area contributed by atoms with Crippen LogP contribution in [0.2, 0.25) is 0 Å². The van der Waals surface area contributed by atoms with Gasteiger partial charge in [0.1, 0.15) is 5.82 Å². The smallest absolute Gasteiger partial charge is 0.225 e. The quantitative estimate of drug-likeness (QED) is 0.916. The van der Waals surface area contributed by atoms with Crippen molar-refractivity contribution in [2.45, 2.75) is 31.4 Å². The fourth-order valence-corrected chi connectivity index (χ4v) is 3.40. The van der Waals surface area contributed by atoms with Crippen LogP contribution in [0.5, 0.6) is 0 Å². The minimum absolute atomic E-state index is 0.0387. The number of nitrogens with one attached hydrogen (secondary N) is 1. The summed E-state index contributed by atoms with van der Waals surface area (Å²) < 4.78 is 18.9. The van der Waals surface area contributed by atoms with E-state index in [1.165, 1.54) is 12.1 Å². The molecule has 1 amide bonds. The first kappa shape index (κ1) is 15.2. The highest BCUT2D eigenvalue weighted by Gasteiger charge is 2.28. The van der Waals surface area contributed by atoms with Crippen molar-refractivity contribution in [3.05, 3.63) is 58.0 Å². The Kier molecular flexibility index (Phi) is 4.85. The third-order valence-corrected chi connectivity index (χ3v) is 4.56. The lowest BCUT2D eigenvalue weighted by Crippen LogP contribution is -2.36. The molecule has 3 rings (SSSR count). The molecule has 3 nitrogen and oxygen atoms in total. The molecule has 1 N–H and O–H groups in total. The molecule has 2 atom stereocenters. The van der Waals surface area contributed by atoms with Crippen LogP contribution < -0.4 is 5.32 Å². The third-order valence-electron chi connectivity index (χ3n) is 3.83. The molecule has 5 heteroatoms. The summed E-state index contributed by atoms with van der Waals surface area (Å²) in [5.41, 5.74) is 1.89. The molecule has 1 aliphatic rings. The number of hydrogen-bond donors (Lipinski definition) is 1. The maximum atomic E-state index is 13.1. The maximum Gasteiger partial charge on any atom is 0.225 e. The molecule has 0 bridgehead atoms. The molecule has 1 aromatic carbocycles. The fraction of sp³-hybridized carbons (Fsp3) is 0.353. The Morgan fingerprint density at radius 2 is 2.18 bits per heavy atom. The van der Waals surface area contributed by atoms with Gasteiger partial charge in [-0.15, -0.1) is 0 Å². The predicted molar refractivity (Wildman–Crippen MR) is 84.3 cm³/mol. The average molecular weight is 319 g/mol. The largest absolute Gasteiger partial charge is 0.376 e. The summed E-state index contributed by atoms with van der Waals surface area (Å²) in [7, 11) is 0. The van der Waals surface area contributed by atoms with Crippen LogP contribution in [0.3, 0.4) is 0 Å². The van der Waals surface area contributed by atoms with E-state index in [1.807, 2.05) is 16.8 Å². The second-order valence-corrected chi connectivity index (χ2v) is 6.24. The van der Waals surface area contributed by atoms with Gasteiger partial charge in [-0.1, -0.05) is 12.1 Å². The highest BCUT2D eigenvalue weighted by molar-refractivity contribution is 7.07. The normalized spacial score (nSPS) is 19.0. The Morgan fingerprint density at radius 1 is 1.36 bits per heavy atom. The Hall–Kier alpha value is -1.72. The van der Waals surface area contributed by atoms with Crippen molar-refractivity contribution < 1.29 is 13.9 Å². The standard InChI is InChI=1S/C17H18FNO2S/c18-14-5-3-13(4-6-14)17(15-2-1-8-21-15)19-16(20)10-12-7-9-22-11-12/h3-7,9,11,15,17H,1-2,8,10H2,(H,19,20)/t15-,17-/m1/s1. The lowest BCUT2D eigenvalue weighted by molar-refractivity contribution is -0.122. The molecule has 2 heterocycles. The van der Waals surface area contributed by atoms with Gasteiger partial charge in [-0.25, -0.2) is 4.39 Å². The fourth-order valence-electron chi connectivity index (χ4n) is 2.73. The van der Waals surface area contributed by atoms with Crippen LogP contribution in [0.15, 0.2) is 41.1 Å². The highest BCUT2D eigenvalue weighted by Crippen LogP contribution is 2.27. The molecule has 0 aliphatic carbocycles. The molecular formula is C17H18FNO2S. The van der Waals surface area contributed by atoms with Gasteiger partial charge in [0.05, 0.1) is 18.6 Å². The molecule has 1 fully saturated rings. The molecule has 0 spiro atoms. The summed E-state index contributed by atoms with van der Waals surface area (Å²) >= 11 is 1.58. The topological polar surface area (TPSA) is 38.3 Å². The van der Waals surface area contributed by atoms with E-state index in [0.717, 1.165) is 24.0 Å². The molecule has 116 valence electrons. The predicted octanol–water partition coefficient (Wildman–Crippen LogP) is 3.47. The highest BCUT2D eigenvalue weighted by atomic mass is 32.1. The molecule has 1 saturated heterocycles. The third kappa shape index (κ3) is 3.72. The second kappa shape index (κ2) is 7.03. The van der Waals surface area contributed by atoms with Gasteiger partial charge >= 0.3 is 0 Å². The molecular weight excluding hydrogens is 301 g/mol. The summed E-state index contributed by atoms with van der Waals surface area (Å²) in [5.74, 6) is -0.317. The molecule has 2 aromatic rings. The van der Waals surface area contributed by atoms with Gasteiger partial charge in [-0.05, 0) is 52.9 Å². The van der Waals surface area contributed by atoms with Crippen LogP contribution in [-0.4, -0.2) is 18.6 Å². The van der Waals surface area contributed by atoms with E-state index in [1.54, 1.807) is 23.5 Å². The lowest BCUT2D eigenvalue weighted by atomic mass is 9.99. The summed E-state index contributed by atoms with van der Waals surface area (Å²) in [4.78, 5) is 12.3. The number of carbonyl (C=O) groups is 1. The molecule has 0 unspecified atom stereocenters. The van der Waals surface area contributed by atoms with Crippen LogP contribution >= 0.6 is 11.3 Å². The number of hydrogen-bond acceptors (Lipinski definition) is 3. The van der Waals surface area contributed by atoms with Crippen molar-refractivity contribution >= 4 is 17.2 Å².